The second kappa shape index (κ2) is 6.09. The maximum atomic E-state index is 11.3. The molecular weight excluding hydrogens is 184 g/mol. The Kier molecular flexibility index (Phi) is 5.85. The number of hydrogen-bond donors (Lipinski definition) is 0. The fourth-order valence-electron chi connectivity index (χ4n) is 1.90. The van der Waals surface area contributed by atoms with Gasteiger partial charge in [-0.2, -0.15) is 0 Å². The Morgan fingerprint density at radius 3 is 2.27 bits per heavy atom. The van der Waals surface area contributed by atoms with Gasteiger partial charge in [0.1, 0.15) is 0 Å². The summed E-state index contributed by atoms with van der Waals surface area (Å²) in [5.41, 5.74) is 1.31. The fraction of sp³-hybridized carbons (Fsp3) is 0.786. The molecule has 0 rings (SSSR count). The molecular formula is C14H26O. The maximum Gasteiger partial charge on any atom is 0.157 e. The summed E-state index contributed by atoms with van der Waals surface area (Å²) in [5.74, 6) is 0.933. The molecule has 1 heteroatoms. The van der Waals surface area contributed by atoms with Crippen molar-refractivity contribution in [3.63, 3.8) is 0 Å². The second-order valence-corrected chi connectivity index (χ2v) is 5.77. The molecule has 0 bridgehead atoms. The quantitative estimate of drug-likeness (QED) is 0.616. The van der Waals surface area contributed by atoms with Crippen molar-refractivity contribution < 1.29 is 4.79 Å². The van der Waals surface area contributed by atoms with E-state index in [-0.39, 0.29) is 5.78 Å². The van der Waals surface area contributed by atoms with Gasteiger partial charge in [-0.25, -0.2) is 0 Å². The number of hydrogen-bond acceptors (Lipinski definition) is 1. The minimum atomic E-state index is 0.276. The van der Waals surface area contributed by atoms with Gasteiger partial charge in [-0.15, -0.1) is 0 Å². The molecule has 0 saturated heterocycles. The predicted molar refractivity (Wildman–Crippen MR) is 66.9 cm³/mol. The number of allylic oxidation sites excluding steroid dienone is 2. The van der Waals surface area contributed by atoms with Gasteiger partial charge in [-0.1, -0.05) is 40.7 Å². The van der Waals surface area contributed by atoms with Crippen LogP contribution >= 0.6 is 0 Å². The van der Waals surface area contributed by atoms with Gasteiger partial charge >= 0.3 is 0 Å². The molecule has 0 fully saturated rings. The van der Waals surface area contributed by atoms with E-state index in [4.69, 9.17) is 0 Å². The summed E-state index contributed by atoms with van der Waals surface area (Å²) in [5, 5.41) is 0. The van der Waals surface area contributed by atoms with E-state index < -0.39 is 0 Å². The molecule has 0 aromatic heterocycles. The van der Waals surface area contributed by atoms with E-state index in [9.17, 15) is 4.79 Å². The third-order valence-corrected chi connectivity index (χ3v) is 2.55. The zero-order chi connectivity index (χ0) is 12.1. The van der Waals surface area contributed by atoms with Crippen molar-refractivity contribution in [2.24, 2.45) is 11.3 Å². The Balaban J connectivity index is 4.09. The SMILES string of the molecule is CCC(=O)C(C)=CCC(C)CC(C)(C)C. The van der Waals surface area contributed by atoms with Crippen LogP contribution in [0.2, 0.25) is 0 Å². The maximum absolute atomic E-state index is 11.3. The molecule has 15 heavy (non-hydrogen) atoms. The van der Waals surface area contributed by atoms with Gasteiger partial charge in [0.25, 0.3) is 0 Å². The number of carbonyl (C=O) groups excluding carboxylic acids is 1. The van der Waals surface area contributed by atoms with E-state index in [1.165, 1.54) is 6.42 Å². The van der Waals surface area contributed by atoms with Crippen LogP contribution in [0.25, 0.3) is 0 Å². The second-order valence-electron chi connectivity index (χ2n) is 5.77. The smallest absolute Gasteiger partial charge is 0.157 e. The summed E-state index contributed by atoms with van der Waals surface area (Å²) in [6.07, 6.45) is 4.95. The van der Waals surface area contributed by atoms with Crippen molar-refractivity contribution in [3.8, 4) is 0 Å². The van der Waals surface area contributed by atoms with Crippen LogP contribution < -0.4 is 0 Å². The highest BCUT2D eigenvalue weighted by molar-refractivity contribution is 5.94. The van der Waals surface area contributed by atoms with Crippen LogP contribution in [0.4, 0.5) is 0 Å². The van der Waals surface area contributed by atoms with E-state index in [2.05, 4.69) is 33.8 Å². The highest BCUT2D eigenvalue weighted by atomic mass is 16.1. The number of Topliss-reactive ketones (excluding diaryl/α,β-unsaturated/α-hetero) is 1. The van der Waals surface area contributed by atoms with Crippen LogP contribution in [0.3, 0.4) is 0 Å². The lowest BCUT2D eigenvalue weighted by Gasteiger charge is -2.22. The van der Waals surface area contributed by atoms with Crippen molar-refractivity contribution in [2.75, 3.05) is 0 Å². The molecule has 0 N–H and O–H groups in total. The van der Waals surface area contributed by atoms with Crippen LogP contribution in [0.1, 0.15) is 60.8 Å². The van der Waals surface area contributed by atoms with Crippen LogP contribution in [-0.2, 0) is 4.79 Å². The molecule has 1 unspecified atom stereocenters. The largest absolute Gasteiger partial charge is 0.295 e. The van der Waals surface area contributed by atoms with Gasteiger partial charge in [-0.3, -0.25) is 4.79 Å². The first kappa shape index (κ1) is 14.4. The summed E-state index contributed by atoms with van der Waals surface area (Å²) in [7, 11) is 0. The lowest BCUT2D eigenvalue weighted by molar-refractivity contribution is -0.115. The minimum Gasteiger partial charge on any atom is -0.295 e. The third-order valence-electron chi connectivity index (χ3n) is 2.55. The van der Waals surface area contributed by atoms with Crippen LogP contribution in [-0.4, -0.2) is 5.78 Å². The van der Waals surface area contributed by atoms with E-state index in [0.29, 0.717) is 17.8 Å². The zero-order valence-electron chi connectivity index (χ0n) is 11.2. The molecule has 0 aliphatic carbocycles. The summed E-state index contributed by atoms with van der Waals surface area (Å²) in [4.78, 5) is 11.3. The Bertz CT molecular complexity index is 230. The molecule has 0 heterocycles. The van der Waals surface area contributed by atoms with Crippen molar-refractivity contribution in [1.29, 1.82) is 0 Å². The van der Waals surface area contributed by atoms with E-state index in [1.807, 2.05) is 13.8 Å². The average Bonchev–Trinajstić information content (AvgIpc) is 2.10. The Morgan fingerprint density at radius 2 is 1.87 bits per heavy atom. The van der Waals surface area contributed by atoms with E-state index >= 15 is 0 Å². The van der Waals surface area contributed by atoms with Crippen LogP contribution in [0.5, 0.6) is 0 Å². The summed E-state index contributed by atoms with van der Waals surface area (Å²) in [6.45, 7) is 12.9. The number of carbonyl (C=O) groups is 1. The van der Waals surface area contributed by atoms with Crippen molar-refractivity contribution in [2.45, 2.75) is 60.8 Å². The van der Waals surface area contributed by atoms with Gasteiger partial charge in [-0.05, 0) is 36.7 Å². The molecule has 0 radical (unpaired) electrons. The van der Waals surface area contributed by atoms with Gasteiger partial charge in [0.15, 0.2) is 5.78 Å². The monoisotopic (exact) mass is 210 g/mol. The minimum absolute atomic E-state index is 0.276. The first-order chi connectivity index (χ1) is 6.76. The van der Waals surface area contributed by atoms with Gasteiger partial charge in [0.05, 0.1) is 0 Å². The molecule has 0 saturated carbocycles. The highest BCUT2D eigenvalue weighted by Gasteiger charge is 2.14. The normalized spacial score (nSPS) is 15.2. The van der Waals surface area contributed by atoms with Gasteiger partial charge in [0, 0.05) is 6.42 Å². The van der Waals surface area contributed by atoms with Crippen LogP contribution in [0, 0.1) is 11.3 Å². The topological polar surface area (TPSA) is 17.1 Å². The Morgan fingerprint density at radius 1 is 1.33 bits per heavy atom. The predicted octanol–water partition coefficient (Wildman–Crippen LogP) is 4.37. The zero-order valence-corrected chi connectivity index (χ0v) is 11.2. The first-order valence-electron chi connectivity index (χ1n) is 5.96. The molecule has 0 aliphatic heterocycles. The fourth-order valence-corrected chi connectivity index (χ4v) is 1.90. The Hall–Kier alpha value is -0.590. The highest BCUT2D eigenvalue weighted by Crippen LogP contribution is 2.26. The molecule has 0 aromatic rings. The van der Waals surface area contributed by atoms with Gasteiger partial charge in [0.2, 0.25) is 0 Å². The lowest BCUT2D eigenvalue weighted by atomic mass is 9.84. The number of rotatable bonds is 5. The first-order valence-corrected chi connectivity index (χ1v) is 5.96. The van der Waals surface area contributed by atoms with Crippen molar-refractivity contribution in [3.05, 3.63) is 11.6 Å². The molecule has 1 atom stereocenters. The van der Waals surface area contributed by atoms with E-state index in [1.54, 1.807) is 0 Å². The number of ketones is 1. The Labute approximate surface area is 95.0 Å². The van der Waals surface area contributed by atoms with Gasteiger partial charge < -0.3 is 0 Å². The molecule has 0 amide bonds. The van der Waals surface area contributed by atoms with Crippen molar-refractivity contribution >= 4 is 5.78 Å². The van der Waals surface area contributed by atoms with Crippen LogP contribution in [0.15, 0.2) is 11.6 Å². The standard InChI is InChI=1S/C14H26O/c1-7-13(15)12(3)9-8-11(2)10-14(4,5)6/h9,11H,7-8,10H2,1-6H3. The molecule has 0 aliphatic rings. The molecule has 0 aromatic carbocycles. The summed E-state index contributed by atoms with van der Waals surface area (Å²) < 4.78 is 0. The average molecular weight is 210 g/mol. The van der Waals surface area contributed by atoms with Crippen molar-refractivity contribution in [1.82, 2.24) is 0 Å². The third kappa shape index (κ3) is 7.35. The molecule has 1 nitrogen and oxygen atoms in total. The molecule has 88 valence electrons. The summed E-state index contributed by atoms with van der Waals surface area (Å²) >= 11 is 0. The summed E-state index contributed by atoms with van der Waals surface area (Å²) in [6, 6.07) is 0. The molecule has 0 spiro atoms. The van der Waals surface area contributed by atoms with E-state index in [0.717, 1.165) is 12.0 Å². The lowest BCUT2D eigenvalue weighted by Crippen LogP contribution is -2.10.